The number of rotatable bonds is 3. The molecule has 104 valence electrons. The van der Waals surface area contributed by atoms with Gasteiger partial charge in [-0.3, -0.25) is 4.79 Å². The minimum Gasteiger partial charge on any atom is -0.323 e. The van der Waals surface area contributed by atoms with E-state index < -0.39 is 0 Å². The van der Waals surface area contributed by atoms with Crippen LogP contribution in [-0.4, -0.2) is 33.8 Å². The predicted octanol–water partition coefficient (Wildman–Crippen LogP) is 1.21. The first-order valence-electron chi connectivity index (χ1n) is 6.81. The highest BCUT2D eigenvalue weighted by Gasteiger charge is 2.21. The first-order valence-corrected chi connectivity index (χ1v) is 6.81. The van der Waals surface area contributed by atoms with Gasteiger partial charge in [0.05, 0.1) is 11.6 Å². The summed E-state index contributed by atoms with van der Waals surface area (Å²) in [6.07, 6.45) is 7.15. The molecule has 0 spiro atoms. The van der Waals surface area contributed by atoms with Crippen LogP contribution in [0.1, 0.15) is 12.8 Å². The number of nitrogens with one attached hydrogen (secondary N) is 2. The van der Waals surface area contributed by atoms with Crippen LogP contribution >= 0.6 is 0 Å². The van der Waals surface area contributed by atoms with Crippen molar-refractivity contribution in [2.24, 2.45) is 5.92 Å². The molecule has 1 unspecified atom stereocenters. The largest absolute Gasteiger partial charge is 0.323 e. The maximum atomic E-state index is 12.3. The number of pyridine rings is 1. The Bertz CT molecular complexity index is 575. The van der Waals surface area contributed by atoms with Crippen LogP contribution < -0.4 is 10.6 Å². The Balaban J connectivity index is 1.79. The SMILES string of the molecule is O=C(Nc1cccnc1-n1cccn1)C1CCCNC1. The van der Waals surface area contributed by atoms with Gasteiger partial charge in [0, 0.05) is 25.1 Å². The molecule has 1 aliphatic rings. The molecule has 6 nitrogen and oxygen atoms in total. The molecule has 2 aromatic rings. The van der Waals surface area contributed by atoms with Crippen LogP contribution in [0.25, 0.3) is 5.82 Å². The zero-order valence-electron chi connectivity index (χ0n) is 11.1. The minimum absolute atomic E-state index is 0.0226. The minimum atomic E-state index is 0.0226. The lowest BCUT2D eigenvalue weighted by Gasteiger charge is -2.22. The Hall–Kier alpha value is -2.21. The number of carbonyl (C=O) groups is 1. The highest BCUT2D eigenvalue weighted by atomic mass is 16.1. The highest BCUT2D eigenvalue weighted by molar-refractivity contribution is 5.94. The van der Waals surface area contributed by atoms with E-state index in [0.717, 1.165) is 25.9 Å². The van der Waals surface area contributed by atoms with Gasteiger partial charge in [-0.25, -0.2) is 9.67 Å². The molecule has 2 N–H and O–H groups in total. The van der Waals surface area contributed by atoms with Crippen LogP contribution in [0.3, 0.4) is 0 Å². The van der Waals surface area contributed by atoms with E-state index in [1.54, 1.807) is 23.3 Å². The van der Waals surface area contributed by atoms with Crippen molar-refractivity contribution in [3.05, 3.63) is 36.8 Å². The van der Waals surface area contributed by atoms with E-state index in [1.807, 2.05) is 18.2 Å². The summed E-state index contributed by atoms with van der Waals surface area (Å²) >= 11 is 0. The monoisotopic (exact) mass is 271 g/mol. The van der Waals surface area contributed by atoms with E-state index in [-0.39, 0.29) is 11.8 Å². The molecule has 1 amide bonds. The van der Waals surface area contributed by atoms with Crippen molar-refractivity contribution >= 4 is 11.6 Å². The second-order valence-corrected chi connectivity index (χ2v) is 4.86. The molecular formula is C14H17N5O. The van der Waals surface area contributed by atoms with Gasteiger partial charge in [-0.1, -0.05) is 0 Å². The summed E-state index contributed by atoms with van der Waals surface area (Å²) in [5.41, 5.74) is 0.687. The molecule has 0 aromatic carbocycles. The fourth-order valence-electron chi connectivity index (χ4n) is 2.38. The van der Waals surface area contributed by atoms with Gasteiger partial charge in [0.25, 0.3) is 0 Å². The highest BCUT2D eigenvalue weighted by Crippen LogP contribution is 2.19. The number of hydrogen-bond donors (Lipinski definition) is 2. The molecule has 1 fully saturated rings. The first-order chi connectivity index (χ1) is 9.84. The van der Waals surface area contributed by atoms with Crippen molar-refractivity contribution < 1.29 is 4.79 Å². The van der Waals surface area contributed by atoms with Crippen molar-refractivity contribution in [1.82, 2.24) is 20.1 Å². The molecule has 0 radical (unpaired) electrons. The maximum absolute atomic E-state index is 12.3. The topological polar surface area (TPSA) is 71.8 Å². The lowest BCUT2D eigenvalue weighted by atomic mass is 9.99. The van der Waals surface area contributed by atoms with E-state index in [9.17, 15) is 4.79 Å². The molecule has 3 rings (SSSR count). The van der Waals surface area contributed by atoms with Gasteiger partial charge in [-0.2, -0.15) is 5.10 Å². The van der Waals surface area contributed by atoms with Crippen LogP contribution in [0, 0.1) is 5.92 Å². The van der Waals surface area contributed by atoms with Gasteiger partial charge in [-0.15, -0.1) is 0 Å². The number of piperidine rings is 1. The smallest absolute Gasteiger partial charge is 0.228 e. The molecule has 1 saturated heterocycles. The average molecular weight is 271 g/mol. The van der Waals surface area contributed by atoms with Gasteiger partial charge in [0.2, 0.25) is 5.91 Å². The van der Waals surface area contributed by atoms with Gasteiger partial charge in [0.1, 0.15) is 0 Å². The summed E-state index contributed by atoms with van der Waals surface area (Å²) < 4.78 is 1.65. The first kappa shape index (κ1) is 12.8. The Morgan fingerprint density at radius 3 is 3.10 bits per heavy atom. The van der Waals surface area contributed by atoms with E-state index >= 15 is 0 Å². The molecular weight excluding hydrogens is 254 g/mol. The quantitative estimate of drug-likeness (QED) is 0.880. The molecule has 0 aliphatic carbocycles. The second-order valence-electron chi connectivity index (χ2n) is 4.86. The fraction of sp³-hybridized carbons (Fsp3) is 0.357. The molecule has 0 bridgehead atoms. The standard InChI is InChI=1S/C14H17N5O/c20-14(11-4-1-6-15-10-11)18-12-5-2-7-16-13(12)19-9-3-8-17-19/h2-3,5,7-9,11,15H,1,4,6,10H2,(H,18,20). The van der Waals surface area contributed by atoms with E-state index in [1.165, 1.54) is 0 Å². The molecule has 1 atom stereocenters. The lowest BCUT2D eigenvalue weighted by Crippen LogP contribution is -2.37. The van der Waals surface area contributed by atoms with Crippen molar-refractivity contribution in [2.45, 2.75) is 12.8 Å². The molecule has 0 saturated carbocycles. The van der Waals surface area contributed by atoms with Gasteiger partial charge in [0.15, 0.2) is 5.82 Å². The summed E-state index contributed by atoms with van der Waals surface area (Å²) in [6, 6.07) is 5.48. The number of anilines is 1. The summed E-state index contributed by atoms with van der Waals surface area (Å²) in [6.45, 7) is 1.73. The Kier molecular flexibility index (Phi) is 3.73. The van der Waals surface area contributed by atoms with Crippen LogP contribution in [0.15, 0.2) is 36.8 Å². The summed E-state index contributed by atoms with van der Waals surface area (Å²) in [5, 5.41) is 10.4. The maximum Gasteiger partial charge on any atom is 0.228 e. The lowest BCUT2D eigenvalue weighted by molar-refractivity contribution is -0.120. The molecule has 20 heavy (non-hydrogen) atoms. The molecule has 1 aliphatic heterocycles. The molecule has 2 aromatic heterocycles. The van der Waals surface area contributed by atoms with Crippen molar-refractivity contribution in [2.75, 3.05) is 18.4 Å². The number of amides is 1. The molecule has 3 heterocycles. The van der Waals surface area contributed by atoms with Crippen LogP contribution in [0.2, 0.25) is 0 Å². The van der Waals surface area contributed by atoms with Crippen molar-refractivity contribution in [1.29, 1.82) is 0 Å². The Labute approximate surface area is 117 Å². The fourth-order valence-corrected chi connectivity index (χ4v) is 2.38. The van der Waals surface area contributed by atoms with Crippen LogP contribution in [0.4, 0.5) is 5.69 Å². The Morgan fingerprint density at radius 1 is 1.40 bits per heavy atom. The average Bonchev–Trinajstić information content (AvgIpc) is 3.03. The van der Waals surface area contributed by atoms with E-state index in [0.29, 0.717) is 11.5 Å². The second kappa shape index (κ2) is 5.83. The van der Waals surface area contributed by atoms with Gasteiger partial charge < -0.3 is 10.6 Å². The van der Waals surface area contributed by atoms with Gasteiger partial charge in [-0.05, 0) is 37.6 Å². The third kappa shape index (κ3) is 2.70. The van der Waals surface area contributed by atoms with Crippen LogP contribution in [-0.2, 0) is 4.79 Å². The number of aromatic nitrogens is 3. The summed E-state index contributed by atoms with van der Waals surface area (Å²) in [5.74, 6) is 0.697. The van der Waals surface area contributed by atoms with Crippen molar-refractivity contribution in [3.63, 3.8) is 0 Å². The molecule has 6 heteroatoms. The number of nitrogens with zero attached hydrogens (tertiary/aromatic N) is 3. The Morgan fingerprint density at radius 2 is 2.35 bits per heavy atom. The third-order valence-electron chi connectivity index (χ3n) is 3.43. The normalized spacial score (nSPS) is 18.7. The van der Waals surface area contributed by atoms with Crippen molar-refractivity contribution in [3.8, 4) is 5.82 Å². The van der Waals surface area contributed by atoms with E-state index in [2.05, 4.69) is 20.7 Å². The van der Waals surface area contributed by atoms with Crippen LogP contribution in [0.5, 0.6) is 0 Å². The van der Waals surface area contributed by atoms with Gasteiger partial charge >= 0.3 is 0 Å². The van der Waals surface area contributed by atoms with E-state index in [4.69, 9.17) is 0 Å². The zero-order chi connectivity index (χ0) is 13.8. The summed E-state index contributed by atoms with van der Waals surface area (Å²) in [7, 11) is 0. The number of carbonyl (C=O) groups excluding carboxylic acids is 1. The predicted molar refractivity (Wildman–Crippen MR) is 75.6 cm³/mol. The third-order valence-corrected chi connectivity index (χ3v) is 3.43. The number of hydrogen-bond acceptors (Lipinski definition) is 4. The summed E-state index contributed by atoms with van der Waals surface area (Å²) in [4.78, 5) is 16.6. The zero-order valence-corrected chi connectivity index (χ0v) is 11.1.